The van der Waals surface area contributed by atoms with Crippen LogP contribution >= 0.6 is 11.6 Å². The minimum absolute atomic E-state index is 0.790. The van der Waals surface area contributed by atoms with Crippen LogP contribution in [0.1, 0.15) is 38.2 Å². The predicted molar refractivity (Wildman–Crippen MR) is 84.5 cm³/mol. The van der Waals surface area contributed by atoms with Crippen LogP contribution in [0.25, 0.3) is 0 Å². The normalized spacial score (nSPS) is 12.9. The molecule has 1 aromatic rings. The van der Waals surface area contributed by atoms with Crippen molar-refractivity contribution in [3.63, 3.8) is 0 Å². The minimum atomic E-state index is 0.790. The van der Waals surface area contributed by atoms with Crippen molar-refractivity contribution in [3.8, 4) is 0 Å². The van der Waals surface area contributed by atoms with Gasteiger partial charge in [0.25, 0.3) is 0 Å². The molecule has 0 fully saturated rings. The molecule has 0 aliphatic carbocycles. The van der Waals surface area contributed by atoms with Crippen molar-refractivity contribution in [2.24, 2.45) is 11.7 Å². The molecule has 1 rings (SSSR count). The maximum atomic E-state index is 6.18. The van der Waals surface area contributed by atoms with Crippen LogP contribution in [0.2, 0.25) is 5.02 Å². The zero-order chi connectivity index (χ0) is 14.1. The molecule has 0 aliphatic heterocycles. The van der Waals surface area contributed by atoms with E-state index in [2.05, 4.69) is 24.9 Å². The van der Waals surface area contributed by atoms with Crippen LogP contribution in [-0.2, 0) is 6.54 Å². The quantitative estimate of drug-likeness (QED) is 0.744. The summed E-state index contributed by atoms with van der Waals surface area (Å²) in [6.45, 7) is 5.11. The highest BCUT2D eigenvalue weighted by Crippen LogP contribution is 2.18. The van der Waals surface area contributed by atoms with Crippen molar-refractivity contribution in [1.82, 2.24) is 4.90 Å². The number of nitrogens with two attached hydrogens (primary N) is 1. The van der Waals surface area contributed by atoms with E-state index in [9.17, 15) is 0 Å². The fourth-order valence-corrected chi connectivity index (χ4v) is 2.63. The highest BCUT2D eigenvalue weighted by atomic mass is 35.5. The third kappa shape index (κ3) is 6.42. The fraction of sp³-hybridized carbons (Fsp3) is 0.625. The van der Waals surface area contributed by atoms with Gasteiger partial charge >= 0.3 is 0 Å². The van der Waals surface area contributed by atoms with Crippen LogP contribution < -0.4 is 5.73 Å². The van der Waals surface area contributed by atoms with Crippen molar-refractivity contribution in [1.29, 1.82) is 0 Å². The van der Waals surface area contributed by atoms with Gasteiger partial charge in [-0.15, -0.1) is 0 Å². The Morgan fingerprint density at radius 3 is 2.63 bits per heavy atom. The van der Waals surface area contributed by atoms with Crippen molar-refractivity contribution >= 4 is 11.6 Å². The van der Waals surface area contributed by atoms with Gasteiger partial charge in [-0.2, -0.15) is 0 Å². The fourth-order valence-electron chi connectivity index (χ4n) is 2.43. The average molecular weight is 283 g/mol. The first kappa shape index (κ1) is 16.5. The summed E-state index contributed by atoms with van der Waals surface area (Å²) in [7, 11) is 2.16. The van der Waals surface area contributed by atoms with Gasteiger partial charge in [0, 0.05) is 11.6 Å². The van der Waals surface area contributed by atoms with E-state index in [1.165, 1.54) is 24.8 Å². The number of nitrogens with zero attached hydrogens (tertiary/aromatic N) is 1. The molecule has 1 unspecified atom stereocenters. The molecule has 0 heterocycles. The SMILES string of the molecule is CCC(CCN)CCCN(C)Cc1ccccc1Cl. The number of rotatable bonds is 9. The van der Waals surface area contributed by atoms with Crippen molar-refractivity contribution < 1.29 is 0 Å². The molecule has 0 aromatic heterocycles. The van der Waals surface area contributed by atoms with Crippen LogP contribution in [0.5, 0.6) is 0 Å². The molecule has 0 radical (unpaired) electrons. The summed E-state index contributed by atoms with van der Waals surface area (Å²) in [5.41, 5.74) is 6.84. The molecule has 1 atom stereocenters. The van der Waals surface area contributed by atoms with Crippen LogP contribution in [0.3, 0.4) is 0 Å². The molecule has 1 aromatic carbocycles. The van der Waals surface area contributed by atoms with Crippen LogP contribution in [0, 0.1) is 5.92 Å². The smallest absolute Gasteiger partial charge is 0.0451 e. The summed E-state index contributed by atoms with van der Waals surface area (Å²) in [4.78, 5) is 2.34. The number of benzene rings is 1. The Hall–Kier alpha value is -0.570. The lowest BCUT2D eigenvalue weighted by molar-refractivity contribution is 0.300. The van der Waals surface area contributed by atoms with Crippen molar-refractivity contribution in [2.75, 3.05) is 20.1 Å². The molecular formula is C16H27ClN2. The van der Waals surface area contributed by atoms with Gasteiger partial charge in [-0.3, -0.25) is 0 Å². The van der Waals surface area contributed by atoms with E-state index >= 15 is 0 Å². The first-order valence-corrected chi connectivity index (χ1v) is 7.67. The Balaban J connectivity index is 2.28. The lowest BCUT2D eigenvalue weighted by Crippen LogP contribution is -2.20. The monoisotopic (exact) mass is 282 g/mol. The van der Waals surface area contributed by atoms with Gasteiger partial charge in [-0.05, 0) is 56.9 Å². The molecule has 2 nitrogen and oxygen atoms in total. The Morgan fingerprint density at radius 1 is 1.26 bits per heavy atom. The minimum Gasteiger partial charge on any atom is -0.330 e. The summed E-state index contributed by atoms with van der Waals surface area (Å²) in [6, 6.07) is 8.08. The van der Waals surface area contributed by atoms with E-state index in [4.69, 9.17) is 17.3 Å². The number of halogens is 1. The molecule has 108 valence electrons. The highest BCUT2D eigenvalue weighted by Gasteiger charge is 2.07. The summed E-state index contributed by atoms with van der Waals surface area (Å²) in [5.74, 6) is 0.790. The molecule has 2 N–H and O–H groups in total. The highest BCUT2D eigenvalue weighted by molar-refractivity contribution is 6.31. The Labute approximate surface area is 122 Å². The summed E-state index contributed by atoms with van der Waals surface area (Å²) in [6.07, 6.45) is 4.91. The van der Waals surface area contributed by atoms with Crippen molar-refractivity contribution in [2.45, 2.75) is 39.2 Å². The number of hydrogen-bond acceptors (Lipinski definition) is 2. The van der Waals surface area contributed by atoms with Gasteiger partial charge in [0.15, 0.2) is 0 Å². The van der Waals surface area contributed by atoms with Crippen LogP contribution in [0.4, 0.5) is 0 Å². The van der Waals surface area contributed by atoms with Gasteiger partial charge < -0.3 is 10.6 Å². The molecule has 19 heavy (non-hydrogen) atoms. The zero-order valence-electron chi connectivity index (χ0n) is 12.2. The van der Waals surface area contributed by atoms with Crippen LogP contribution in [0.15, 0.2) is 24.3 Å². The van der Waals surface area contributed by atoms with Crippen molar-refractivity contribution in [3.05, 3.63) is 34.9 Å². The zero-order valence-corrected chi connectivity index (χ0v) is 13.0. The van der Waals surface area contributed by atoms with Gasteiger partial charge in [-0.1, -0.05) is 43.1 Å². The molecule has 0 aliphatic rings. The first-order chi connectivity index (χ1) is 9.17. The largest absolute Gasteiger partial charge is 0.330 e. The maximum Gasteiger partial charge on any atom is 0.0451 e. The van der Waals surface area contributed by atoms with Gasteiger partial charge in [-0.25, -0.2) is 0 Å². The van der Waals surface area contributed by atoms with E-state index < -0.39 is 0 Å². The summed E-state index contributed by atoms with van der Waals surface area (Å²) in [5, 5.41) is 0.865. The molecule has 0 spiro atoms. The van der Waals surface area contributed by atoms with Gasteiger partial charge in [0.1, 0.15) is 0 Å². The second kappa shape index (κ2) is 9.35. The lowest BCUT2D eigenvalue weighted by atomic mass is 9.96. The Bertz CT molecular complexity index is 354. The van der Waals surface area contributed by atoms with E-state index in [1.807, 2.05) is 18.2 Å². The van der Waals surface area contributed by atoms with E-state index in [-0.39, 0.29) is 0 Å². The number of hydrogen-bond donors (Lipinski definition) is 1. The third-order valence-corrected chi connectivity index (χ3v) is 4.07. The van der Waals surface area contributed by atoms with Gasteiger partial charge in [0.05, 0.1) is 0 Å². The molecule has 0 amide bonds. The average Bonchev–Trinajstić information content (AvgIpc) is 2.40. The second-order valence-electron chi connectivity index (χ2n) is 5.32. The van der Waals surface area contributed by atoms with E-state index in [0.29, 0.717) is 0 Å². The maximum absolute atomic E-state index is 6.18. The molecule has 0 bridgehead atoms. The summed E-state index contributed by atoms with van der Waals surface area (Å²) >= 11 is 6.18. The van der Waals surface area contributed by atoms with Gasteiger partial charge in [0.2, 0.25) is 0 Å². The standard InChI is InChI=1S/C16H27ClN2/c1-3-14(10-11-18)7-6-12-19(2)13-15-8-4-5-9-16(15)17/h4-5,8-9,14H,3,6-7,10-13,18H2,1-2H3. The lowest BCUT2D eigenvalue weighted by Gasteiger charge is -2.19. The molecule has 0 saturated carbocycles. The van der Waals surface area contributed by atoms with E-state index in [1.54, 1.807) is 0 Å². The molecule has 3 heteroatoms. The van der Waals surface area contributed by atoms with E-state index in [0.717, 1.165) is 37.0 Å². The molecular weight excluding hydrogens is 256 g/mol. The predicted octanol–water partition coefficient (Wildman–Crippen LogP) is 3.93. The summed E-state index contributed by atoms with van der Waals surface area (Å²) < 4.78 is 0. The molecule has 0 saturated heterocycles. The second-order valence-corrected chi connectivity index (χ2v) is 5.73. The topological polar surface area (TPSA) is 29.3 Å². The first-order valence-electron chi connectivity index (χ1n) is 7.29. The Morgan fingerprint density at radius 2 is 2.00 bits per heavy atom. The Kier molecular flexibility index (Phi) is 8.11. The third-order valence-electron chi connectivity index (χ3n) is 3.70. The van der Waals surface area contributed by atoms with Crippen LogP contribution in [-0.4, -0.2) is 25.0 Å².